The molecule has 2 aliphatic rings. The highest BCUT2D eigenvalue weighted by Gasteiger charge is 2.31. The zero-order chi connectivity index (χ0) is 15.5. The van der Waals surface area contributed by atoms with Crippen LogP contribution in [0.15, 0.2) is 0 Å². The van der Waals surface area contributed by atoms with Crippen molar-refractivity contribution in [3.8, 4) is 0 Å². The lowest BCUT2D eigenvalue weighted by molar-refractivity contribution is -0.126. The minimum absolute atomic E-state index is 0. The smallest absolute Gasteiger partial charge is 0.223 e. The van der Waals surface area contributed by atoms with Gasteiger partial charge in [0.15, 0.2) is 0 Å². The molecular formula is C14H28ClN3O3S. The van der Waals surface area contributed by atoms with Gasteiger partial charge in [0.05, 0.1) is 6.26 Å². The quantitative estimate of drug-likeness (QED) is 0.676. The summed E-state index contributed by atoms with van der Waals surface area (Å²) in [6, 6.07) is 0.355. The zero-order valence-electron chi connectivity index (χ0n) is 13.3. The van der Waals surface area contributed by atoms with Crippen LogP contribution in [0.1, 0.15) is 39.0 Å². The Bertz CT molecular complexity index is 472. The van der Waals surface area contributed by atoms with Crippen molar-refractivity contribution in [1.82, 2.24) is 15.4 Å². The van der Waals surface area contributed by atoms with E-state index in [0.717, 1.165) is 38.6 Å². The first-order valence-electron chi connectivity index (χ1n) is 7.83. The van der Waals surface area contributed by atoms with Gasteiger partial charge < -0.3 is 10.6 Å². The van der Waals surface area contributed by atoms with Gasteiger partial charge in [0, 0.05) is 24.5 Å². The second-order valence-electron chi connectivity index (χ2n) is 6.51. The Morgan fingerprint density at radius 3 is 2.64 bits per heavy atom. The number of nitrogens with one attached hydrogen (secondary N) is 3. The van der Waals surface area contributed by atoms with E-state index >= 15 is 0 Å². The van der Waals surface area contributed by atoms with Crippen LogP contribution in [0.3, 0.4) is 0 Å². The van der Waals surface area contributed by atoms with Crippen molar-refractivity contribution in [3.05, 3.63) is 0 Å². The van der Waals surface area contributed by atoms with E-state index in [4.69, 9.17) is 0 Å². The maximum atomic E-state index is 12.2. The Morgan fingerprint density at radius 1 is 1.27 bits per heavy atom. The molecule has 1 aliphatic heterocycles. The van der Waals surface area contributed by atoms with Gasteiger partial charge in [0.25, 0.3) is 0 Å². The first-order chi connectivity index (χ1) is 9.85. The van der Waals surface area contributed by atoms with Gasteiger partial charge in [-0.1, -0.05) is 6.42 Å². The number of carbonyl (C=O) groups is 1. The summed E-state index contributed by atoms with van der Waals surface area (Å²) in [4.78, 5) is 12.2. The molecule has 0 aromatic carbocycles. The van der Waals surface area contributed by atoms with Gasteiger partial charge >= 0.3 is 0 Å². The Hall–Kier alpha value is -0.370. The van der Waals surface area contributed by atoms with Crippen LogP contribution < -0.4 is 15.4 Å². The number of hydrogen-bond acceptors (Lipinski definition) is 4. The van der Waals surface area contributed by atoms with Crippen LogP contribution >= 0.6 is 12.4 Å². The monoisotopic (exact) mass is 353 g/mol. The summed E-state index contributed by atoms with van der Waals surface area (Å²) in [5.41, 5.74) is 0. The Morgan fingerprint density at radius 2 is 2.00 bits per heavy atom. The van der Waals surface area contributed by atoms with Crippen molar-refractivity contribution < 1.29 is 13.2 Å². The molecule has 130 valence electrons. The minimum atomic E-state index is -3.18. The first-order valence-corrected chi connectivity index (χ1v) is 9.72. The number of hydrogen-bond donors (Lipinski definition) is 3. The van der Waals surface area contributed by atoms with Gasteiger partial charge in [-0.15, -0.1) is 12.4 Å². The molecule has 2 unspecified atom stereocenters. The fourth-order valence-electron chi connectivity index (χ4n) is 3.46. The molecule has 0 aromatic heterocycles. The van der Waals surface area contributed by atoms with Gasteiger partial charge in [-0.3, -0.25) is 4.79 Å². The van der Waals surface area contributed by atoms with E-state index in [-0.39, 0.29) is 36.2 Å². The van der Waals surface area contributed by atoms with Gasteiger partial charge in [-0.05, 0) is 45.1 Å². The van der Waals surface area contributed by atoms with Crippen LogP contribution in [0.5, 0.6) is 0 Å². The lowest BCUT2D eigenvalue weighted by Gasteiger charge is -2.28. The van der Waals surface area contributed by atoms with Crippen molar-refractivity contribution in [2.24, 2.45) is 11.8 Å². The van der Waals surface area contributed by atoms with Crippen molar-refractivity contribution in [1.29, 1.82) is 0 Å². The van der Waals surface area contributed by atoms with Gasteiger partial charge in [0.2, 0.25) is 15.9 Å². The molecule has 1 aliphatic carbocycles. The third-order valence-electron chi connectivity index (χ3n) is 4.56. The topological polar surface area (TPSA) is 87.3 Å². The lowest BCUT2D eigenvalue weighted by Crippen LogP contribution is -2.45. The fourth-order valence-corrected chi connectivity index (χ4v) is 4.32. The van der Waals surface area contributed by atoms with Crippen molar-refractivity contribution >= 4 is 28.3 Å². The third kappa shape index (κ3) is 6.02. The maximum Gasteiger partial charge on any atom is 0.223 e. The second kappa shape index (κ2) is 8.47. The van der Waals surface area contributed by atoms with Crippen molar-refractivity contribution in [3.63, 3.8) is 0 Å². The number of carbonyl (C=O) groups excluding carboxylic acids is 1. The molecule has 0 radical (unpaired) electrons. The van der Waals surface area contributed by atoms with Gasteiger partial charge in [-0.2, -0.15) is 0 Å². The second-order valence-corrected chi connectivity index (χ2v) is 8.29. The molecule has 2 rings (SSSR count). The zero-order valence-corrected chi connectivity index (χ0v) is 14.9. The molecule has 22 heavy (non-hydrogen) atoms. The predicted octanol–water partition coefficient (Wildman–Crippen LogP) is 0.630. The molecule has 8 heteroatoms. The number of sulfonamides is 1. The molecular weight excluding hydrogens is 326 g/mol. The predicted molar refractivity (Wildman–Crippen MR) is 89.6 cm³/mol. The molecule has 4 atom stereocenters. The van der Waals surface area contributed by atoms with Crippen LogP contribution in [-0.2, 0) is 14.8 Å². The normalized spacial score (nSPS) is 32.3. The van der Waals surface area contributed by atoms with E-state index in [1.165, 1.54) is 6.26 Å². The van der Waals surface area contributed by atoms with E-state index in [2.05, 4.69) is 22.3 Å². The average molecular weight is 354 g/mol. The van der Waals surface area contributed by atoms with Crippen LogP contribution in [-0.4, -0.2) is 45.8 Å². The molecule has 3 N–H and O–H groups in total. The van der Waals surface area contributed by atoms with E-state index in [9.17, 15) is 13.2 Å². The molecule has 2 fully saturated rings. The number of halogens is 1. The Labute approximate surface area is 139 Å². The SMILES string of the molecule is C[C@H]1C[C@@H](C(=O)NCC2CCCC2NS(C)(=O)=O)CCN1.Cl. The van der Waals surface area contributed by atoms with Crippen LogP contribution in [0.25, 0.3) is 0 Å². The molecule has 0 bridgehead atoms. The molecule has 1 saturated heterocycles. The standard InChI is InChI=1S/C14H27N3O3S.ClH/c1-10-8-11(6-7-15-10)14(18)16-9-12-4-3-5-13(12)17-21(2,19)20;/h10-13,15,17H,3-9H2,1-2H3,(H,16,18);1H/t10-,11-,12?,13?;/m0./s1. The van der Waals surface area contributed by atoms with E-state index in [1.807, 2.05) is 0 Å². The average Bonchev–Trinajstić information content (AvgIpc) is 2.81. The van der Waals surface area contributed by atoms with Crippen LogP contribution in [0, 0.1) is 11.8 Å². The Kier molecular flexibility index (Phi) is 7.58. The fraction of sp³-hybridized carbons (Fsp3) is 0.929. The summed E-state index contributed by atoms with van der Waals surface area (Å²) >= 11 is 0. The molecule has 1 heterocycles. The number of rotatable bonds is 5. The maximum absolute atomic E-state index is 12.2. The number of amides is 1. The highest BCUT2D eigenvalue weighted by molar-refractivity contribution is 7.88. The van der Waals surface area contributed by atoms with Crippen LogP contribution in [0.2, 0.25) is 0 Å². The summed E-state index contributed by atoms with van der Waals surface area (Å²) in [6.07, 6.45) is 5.79. The minimum Gasteiger partial charge on any atom is -0.356 e. The lowest BCUT2D eigenvalue weighted by atomic mass is 9.92. The molecule has 1 amide bonds. The molecule has 0 spiro atoms. The summed E-state index contributed by atoms with van der Waals surface area (Å²) in [5, 5.41) is 6.37. The summed E-state index contributed by atoms with van der Waals surface area (Å²) in [6.45, 7) is 3.56. The van der Waals surface area contributed by atoms with Crippen LogP contribution in [0.4, 0.5) is 0 Å². The van der Waals surface area contributed by atoms with E-state index in [1.54, 1.807) is 0 Å². The van der Waals surface area contributed by atoms with Gasteiger partial charge in [-0.25, -0.2) is 13.1 Å². The van der Waals surface area contributed by atoms with Gasteiger partial charge in [0.1, 0.15) is 0 Å². The molecule has 0 aromatic rings. The highest BCUT2D eigenvalue weighted by atomic mass is 35.5. The largest absolute Gasteiger partial charge is 0.356 e. The van der Waals surface area contributed by atoms with Crippen molar-refractivity contribution in [2.75, 3.05) is 19.3 Å². The first kappa shape index (κ1) is 19.7. The molecule has 6 nitrogen and oxygen atoms in total. The molecule has 1 saturated carbocycles. The van der Waals surface area contributed by atoms with E-state index in [0.29, 0.717) is 12.6 Å². The highest BCUT2D eigenvalue weighted by Crippen LogP contribution is 2.26. The van der Waals surface area contributed by atoms with E-state index < -0.39 is 10.0 Å². The Balaban J connectivity index is 0.00000242. The third-order valence-corrected chi connectivity index (χ3v) is 5.29. The summed E-state index contributed by atoms with van der Waals surface area (Å²) < 4.78 is 25.4. The number of piperidine rings is 1. The summed E-state index contributed by atoms with van der Waals surface area (Å²) in [5.74, 6) is 0.417. The summed E-state index contributed by atoms with van der Waals surface area (Å²) in [7, 11) is -3.18. The van der Waals surface area contributed by atoms with Crippen molar-refractivity contribution in [2.45, 2.75) is 51.1 Å².